The molecule has 0 aliphatic heterocycles. The van der Waals surface area contributed by atoms with Gasteiger partial charge >= 0.3 is 0 Å². The molecule has 3 rings (SSSR count). The van der Waals surface area contributed by atoms with Crippen molar-refractivity contribution in [2.45, 2.75) is 71.9 Å². The second kappa shape index (κ2) is 7.53. The minimum atomic E-state index is -0.332. The SMILES string of the molecule is CCN(CC(=O)NC(C)(C)C)C(=O)c1cc(C2CC2)nc2c1cnn2C(C)C. The predicted molar refractivity (Wildman–Crippen MR) is 109 cm³/mol. The summed E-state index contributed by atoms with van der Waals surface area (Å²) in [7, 11) is 0. The molecule has 0 atom stereocenters. The van der Waals surface area contributed by atoms with E-state index in [1.165, 1.54) is 0 Å². The van der Waals surface area contributed by atoms with E-state index >= 15 is 0 Å². The van der Waals surface area contributed by atoms with Crippen LogP contribution >= 0.6 is 0 Å². The first-order valence-electron chi connectivity index (χ1n) is 10.1. The van der Waals surface area contributed by atoms with E-state index < -0.39 is 0 Å². The van der Waals surface area contributed by atoms with Crippen LogP contribution in [0.5, 0.6) is 0 Å². The molecule has 2 aromatic rings. The maximum absolute atomic E-state index is 13.3. The molecule has 1 aliphatic rings. The quantitative estimate of drug-likeness (QED) is 0.828. The third kappa shape index (κ3) is 4.34. The van der Waals surface area contributed by atoms with Crippen molar-refractivity contribution in [1.29, 1.82) is 0 Å². The standard InChI is InChI=1S/C21H31N5O2/c1-7-25(12-18(27)24-21(4,5)6)20(28)15-10-17(14-8-9-14)23-19-16(15)11-22-26(19)13(2)3/h10-11,13-14H,7-9,12H2,1-6H3,(H,24,27). The number of nitrogens with zero attached hydrogens (tertiary/aromatic N) is 4. The first kappa shape index (κ1) is 20.3. The number of aromatic nitrogens is 3. The Morgan fingerprint density at radius 2 is 2.00 bits per heavy atom. The molecule has 152 valence electrons. The molecule has 28 heavy (non-hydrogen) atoms. The molecule has 0 radical (unpaired) electrons. The summed E-state index contributed by atoms with van der Waals surface area (Å²) >= 11 is 0. The predicted octanol–water partition coefficient (Wildman–Crippen LogP) is 3.27. The van der Waals surface area contributed by atoms with Crippen LogP contribution in [0.4, 0.5) is 0 Å². The van der Waals surface area contributed by atoms with Crippen LogP contribution < -0.4 is 5.32 Å². The van der Waals surface area contributed by atoms with Crippen molar-refractivity contribution in [3.8, 4) is 0 Å². The molecule has 1 saturated carbocycles. The first-order valence-corrected chi connectivity index (χ1v) is 10.1. The van der Waals surface area contributed by atoms with Crippen molar-refractivity contribution >= 4 is 22.8 Å². The molecule has 2 aromatic heterocycles. The van der Waals surface area contributed by atoms with Crippen molar-refractivity contribution in [3.63, 3.8) is 0 Å². The van der Waals surface area contributed by atoms with E-state index in [0.717, 1.165) is 29.6 Å². The molecular formula is C21H31N5O2. The van der Waals surface area contributed by atoms with Gasteiger partial charge in [-0.25, -0.2) is 9.67 Å². The minimum Gasteiger partial charge on any atom is -0.350 e. The van der Waals surface area contributed by atoms with Crippen molar-refractivity contribution in [2.24, 2.45) is 0 Å². The Bertz CT molecular complexity index is 890. The smallest absolute Gasteiger partial charge is 0.255 e. The van der Waals surface area contributed by atoms with Crippen LogP contribution in [0.15, 0.2) is 12.3 Å². The summed E-state index contributed by atoms with van der Waals surface area (Å²) in [4.78, 5) is 32.1. The Balaban J connectivity index is 1.96. The first-order chi connectivity index (χ1) is 13.1. The van der Waals surface area contributed by atoms with E-state index in [2.05, 4.69) is 24.3 Å². The molecule has 7 heteroatoms. The monoisotopic (exact) mass is 385 g/mol. The Morgan fingerprint density at radius 3 is 2.54 bits per heavy atom. The van der Waals surface area contributed by atoms with E-state index in [1.54, 1.807) is 11.1 Å². The Labute approximate surface area is 166 Å². The fourth-order valence-electron chi connectivity index (χ4n) is 3.31. The normalized spacial score (nSPS) is 14.5. The van der Waals surface area contributed by atoms with E-state index in [1.807, 2.05) is 38.4 Å². The van der Waals surface area contributed by atoms with E-state index in [-0.39, 0.29) is 29.9 Å². The molecule has 2 heterocycles. The summed E-state index contributed by atoms with van der Waals surface area (Å²) in [5.41, 5.74) is 1.96. The van der Waals surface area contributed by atoms with Crippen LogP contribution in [0.1, 0.15) is 82.4 Å². The lowest BCUT2D eigenvalue weighted by Gasteiger charge is -2.25. The van der Waals surface area contributed by atoms with Gasteiger partial charge in [0.15, 0.2) is 5.65 Å². The van der Waals surface area contributed by atoms with Crippen molar-refractivity contribution < 1.29 is 9.59 Å². The van der Waals surface area contributed by atoms with E-state index in [4.69, 9.17) is 4.98 Å². The zero-order valence-corrected chi connectivity index (χ0v) is 17.7. The van der Waals surface area contributed by atoms with Gasteiger partial charge in [0, 0.05) is 29.7 Å². The summed E-state index contributed by atoms with van der Waals surface area (Å²) in [6, 6.07) is 2.06. The summed E-state index contributed by atoms with van der Waals surface area (Å²) in [6.45, 7) is 12.3. The van der Waals surface area contributed by atoms with Gasteiger partial charge in [0.1, 0.15) is 0 Å². The summed E-state index contributed by atoms with van der Waals surface area (Å²) in [6.07, 6.45) is 3.93. The molecule has 0 saturated heterocycles. The zero-order chi connectivity index (χ0) is 20.6. The lowest BCUT2D eigenvalue weighted by molar-refractivity contribution is -0.123. The lowest BCUT2D eigenvalue weighted by atomic mass is 10.1. The van der Waals surface area contributed by atoms with Gasteiger partial charge in [-0.05, 0) is 60.5 Å². The topological polar surface area (TPSA) is 80.1 Å². The molecule has 1 fully saturated rings. The summed E-state index contributed by atoms with van der Waals surface area (Å²) < 4.78 is 1.86. The van der Waals surface area contributed by atoms with Crippen molar-refractivity contribution in [3.05, 3.63) is 23.5 Å². The number of carbonyl (C=O) groups excluding carboxylic acids is 2. The van der Waals surface area contributed by atoms with Crippen LogP contribution in [0, 0.1) is 0 Å². The van der Waals surface area contributed by atoms with Gasteiger partial charge in [0.25, 0.3) is 5.91 Å². The third-order valence-electron chi connectivity index (χ3n) is 4.82. The highest BCUT2D eigenvalue weighted by molar-refractivity contribution is 6.06. The van der Waals surface area contributed by atoms with Gasteiger partial charge in [0.05, 0.1) is 23.7 Å². The number of likely N-dealkylation sites (N-methyl/N-ethyl adjacent to an activating group) is 1. The zero-order valence-electron chi connectivity index (χ0n) is 17.7. The molecule has 1 N–H and O–H groups in total. The number of fused-ring (bicyclic) bond motifs is 1. The highest BCUT2D eigenvalue weighted by atomic mass is 16.2. The number of nitrogens with one attached hydrogen (secondary N) is 1. The fourth-order valence-corrected chi connectivity index (χ4v) is 3.31. The number of pyridine rings is 1. The number of amides is 2. The number of rotatable bonds is 6. The highest BCUT2D eigenvalue weighted by Gasteiger charge is 2.29. The van der Waals surface area contributed by atoms with Crippen molar-refractivity contribution in [1.82, 2.24) is 25.0 Å². The van der Waals surface area contributed by atoms with Gasteiger partial charge in [-0.15, -0.1) is 0 Å². The molecule has 0 spiro atoms. The number of hydrogen-bond donors (Lipinski definition) is 1. The average Bonchev–Trinajstić information content (AvgIpc) is 3.35. The van der Waals surface area contributed by atoms with Crippen LogP contribution in [0.25, 0.3) is 11.0 Å². The van der Waals surface area contributed by atoms with E-state index in [9.17, 15) is 9.59 Å². The Kier molecular flexibility index (Phi) is 5.46. The average molecular weight is 386 g/mol. The summed E-state index contributed by atoms with van der Waals surface area (Å²) in [5, 5.41) is 8.13. The Morgan fingerprint density at radius 1 is 1.32 bits per heavy atom. The molecule has 0 unspecified atom stereocenters. The molecular weight excluding hydrogens is 354 g/mol. The minimum absolute atomic E-state index is 0.0352. The van der Waals surface area contributed by atoms with Gasteiger partial charge < -0.3 is 10.2 Å². The molecule has 7 nitrogen and oxygen atoms in total. The van der Waals surface area contributed by atoms with Gasteiger partial charge in [0.2, 0.25) is 5.91 Å². The van der Waals surface area contributed by atoms with E-state index in [0.29, 0.717) is 18.0 Å². The molecule has 1 aliphatic carbocycles. The number of hydrogen-bond acceptors (Lipinski definition) is 4. The van der Waals surface area contributed by atoms with Crippen LogP contribution in [0.3, 0.4) is 0 Å². The van der Waals surface area contributed by atoms with Gasteiger partial charge in [-0.2, -0.15) is 5.10 Å². The largest absolute Gasteiger partial charge is 0.350 e. The van der Waals surface area contributed by atoms with Crippen molar-refractivity contribution in [2.75, 3.05) is 13.1 Å². The van der Waals surface area contributed by atoms with Gasteiger partial charge in [-0.1, -0.05) is 0 Å². The maximum atomic E-state index is 13.3. The Hall–Kier alpha value is -2.44. The molecule has 0 bridgehead atoms. The van der Waals surface area contributed by atoms with Crippen LogP contribution in [-0.2, 0) is 4.79 Å². The fraction of sp³-hybridized carbons (Fsp3) is 0.619. The van der Waals surface area contributed by atoms with Crippen LogP contribution in [0.2, 0.25) is 0 Å². The number of carbonyl (C=O) groups is 2. The third-order valence-corrected chi connectivity index (χ3v) is 4.82. The highest BCUT2D eigenvalue weighted by Crippen LogP contribution is 2.40. The second-order valence-corrected chi connectivity index (χ2v) is 8.91. The van der Waals surface area contributed by atoms with Crippen LogP contribution in [-0.4, -0.2) is 50.1 Å². The molecule has 0 aromatic carbocycles. The maximum Gasteiger partial charge on any atom is 0.255 e. The second-order valence-electron chi connectivity index (χ2n) is 8.91. The van der Waals surface area contributed by atoms with Gasteiger partial charge in [-0.3, -0.25) is 9.59 Å². The lowest BCUT2D eigenvalue weighted by Crippen LogP contribution is -2.47. The molecule has 2 amide bonds. The summed E-state index contributed by atoms with van der Waals surface area (Å²) in [5.74, 6) is 0.114.